The molecule has 1 heterocycles. The highest BCUT2D eigenvalue weighted by molar-refractivity contribution is 5.81. The molecule has 2 aromatic carbocycles. The summed E-state index contributed by atoms with van der Waals surface area (Å²) in [6.07, 6.45) is 0.503. The summed E-state index contributed by atoms with van der Waals surface area (Å²) in [5.41, 5.74) is 4.59. The lowest BCUT2D eigenvalue weighted by Crippen LogP contribution is -2.40. The predicted octanol–water partition coefficient (Wildman–Crippen LogP) is 3.36. The third-order valence-corrected chi connectivity index (χ3v) is 5.10. The van der Waals surface area contributed by atoms with Crippen LogP contribution in [0.4, 0.5) is 4.79 Å². The second-order valence-electron chi connectivity index (χ2n) is 6.47. The van der Waals surface area contributed by atoms with E-state index in [0.717, 1.165) is 22.3 Å². The lowest BCUT2D eigenvalue weighted by Gasteiger charge is -2.22. The first-order valence-electron chi connectivity index (χ1n) is 8.49. The largest absolute Gasteiger partial charge is 0.448 e. The van der Waals surface area contributed by atoms with Gasteiger partial charge in [0.1, 0.15) is 12.6 Å². The molecule has 1 saturated heterocycles. The van der Waals surface area contributed by atoms with Gasteiger partial charge in [-0.3, -0.25) is 4.90 Å². The van der Waals surface area contributed by atoms with E-state index in [-0.39, 0.29) is 12.5 Å². The Labute approximate surface area is 145 Å². The van der Waals surface area contributed by atoms with Gasteiger partial charge in [-0.15, -0.1) is 0 Å². The standard InChI is InChI=1S/C20H18NO4/c22-19(23)18-10-5-11-21(18)20(24)25-12-17-15-8-3-1-6-13(15)14-7-2-4-9-16(14)17/h1-4,6-9,17-18H,5,10-12H2/t18-/m0/s1. The lowest BCUT2D eigenvalue weighted by molar-refractivity contribution is -0.148. The van der Waals surface area contributed by atoms with Crippen molar-refractivity contribution in [3.8, 4) is 11.1 Å². The van der Waals surface area contributed by atoms with Crippen molar-refractivity contribution in [1.29, 1.82) is 0 Å². The molecule has 0 N–H and O–H groups in total. The van der Waals surface area contributed by atoms with E-state index in [1.165, 1.54) is 4.90 Å². The first-order valence-corrected chi connectivity index (χ1v) is 8.49. The summed E-state index contributed by atoms with van der Waals surface area (Å²) in [5, 5.41) is 11.1. The van der Waals surface area contributed by atoms with Crippen LogP contribution in [0.25, 0.3) is 11.1 Å². The van der Waals surface area contributed by atoms with Crippen molar-refractivity contribution in [2.45, 2.75) is 24.8 Å². The van der Waals surface area contributed by atoms with Gasteiger partial charge in [0.2, 0.25) is 0 Å². The van der Waals surface area contributed by atoms with Crippen LogP contribution in [-0.4, -0.2) is 36.2 Å². The van der Waals surface area contributed by atoms with Crippen molar-refractivity contribution in [3.05, 3.63) is 59.7 Å². The Kier molecular flexibility index (Phi) is 3.92. The number of nitrogens with zero attached hydrogens (tertiary/aromatic N) is 1. The van der Waals surface area contributed by atoms with Crippen molar-refractivity contribution < 1.29 is 19.4 Å². The Morgan fingerprint density at radius 1 is 1.00 bits per heavy atom. The molecule has 1 aliphatic carbocycles. The molecule has 0 saturated carbocycles. The molecule has 0 aromatic heterocycles. The molecule has 2 aliphatic rings. The number of carbonyl (C=O) groups excluding carboxylic acids is 2. The molecular formula is C20H18NO4. The molecule has 0 bridgehead atoms. The number of rotatable bonds is 3. The van der Waals surface area contributed by atoms with Gasteiger partial charge in [-0.2, -0.15) is 0 Å². The molecule has 0 spiro atoms. The minimum Gasteiger partial charge on any atom is -0.448 e. The van der Waals surface area contributed by atoms with E-state index in [1.807, 2.05) is 36.4 Å². The predicted molar refractivity (Wildman–Crippen MR) is 90.5 cm³/mol. The van der Waals surface area contributed by atoms with Gasteiger partial charge in [0.25, 0.3) is 0 Å². The minimum atomic E-state index is -1.22. The average molecular weight is 336 g/mol. The number of carbonyl (C=O) groups is 2. The molecule has 0 unspecified atom stereocenters. The van der Waals surface area contributed by atoms with E-state index in [1.54, 1.807) is 0 Å². The quantitative estimate of drug-likeness (QED) is 0.863. The van der Waals surface area contributed by atoms with Crippen LogP contribution in [0.5, 0.6) is 0 Å². The maximum atomic E-state index is 12.4. The topological polar surface area (TPSA) is 66.5 Å². The van der Waals surface area contributed by atoms with E-state index >= 15 is 0 Å². The summed E-state index contributed by atoms with van der Waals surface area (Å²) in [7, 11) is 0. The number of hydrogen-bond donors (Lipinski definition) is 0. The molecule has 5 nitrogen and oxygen atoms in total. The molecule has 127 valence electrons. The van der Waals surface area contributed by atoms with Gasteiger partial charge in [-0.1, -0.05) is 48.5 Å². The smallest absolute Gasteiger partial charge is 0.410 e. The van der Waals surface area contributed by atoms with Crippen molar-refractivity contribution in [3.63, 3.8) is 0 Å². The fraction of sp³-hybridized carbons (Fsp3) is 0.300. The molecule has 1 fully saturated rings. The molecule has 4 rings (SSSR count). The van der Waals surface area contributed by atoms with Gasteiger partial charge >= 0.3 is 12.1 Å². The molecule has 25 heavy (non-hydrogen) atoms. The van der Waals surface area contributed by atoms with Gasteiger partial charge in [-0.05, 0) is 35.1 Å². The zero-order valence-electron chi connectivity index (χ0n) is 13.7. The van der Waals surface area contributed by atoms with Gasteiger partial charge < -0.3 is 4.74 Å². The third kappa shape index (κ3) is 2.65. The zero-order valence-corrected chi connectivity index (χ0v) is 13.7. The maximum absolute atomic E-state index is 12.4. The van der Waals surface area contributed by atoms with Gasteiger partial charge in [0, 0.05) is 12.5 Å². The second-order valence-corrected chi connectivity index (χ2v) is 6.47. The lowest BCUT2D eigenvalue weighted by atomic mass is 9.98. The highest BCUT2D eigenvalue weighted by Crippen LogP contribution is 2.44. The molecule has 1 aliphatic heterocycles. The van der Waals surface area contributed by atoms with Crippen molar-refractivity contribution in [2.24, 2.45) is 0 Å². The Balaban J connectivity index is 1.53. The number of hydrogen-bond acceptors (Lipinski definition) is 3. The first-order chi connectivity index (χ1) is 12.2. The van der Waals surface area contributed by atoms with Crippen LogP contribution in [0.15, 0.2) is 48.5 Å². The van der Waals surface area contributed by atoms with Crippen LogP contribution in [0, 0.1) is 0 Å². The maximum Gasteiger partial charge on any atom is 0.410 e. The van der Waals surface area contributed by atoms with Gasteiger partial charge in [-0.25, -0.2) is 14.7 Å². The molecule has 5 heteroatoms. The van der Waals surface area contributed by atoms with Gasteiger partial charge in [0.05, 0.1) is 0 Å². The van der Waals surface area contributed by atoms with Crippen LogP contribution < -0.4 is 0 Å². The van der Waals surface area contributed by atoms with Crippen molar-refractivity contribution >= 4 is 12.1 Å². The summed E-state index contributed by atoms with van der Waals surface area (Å²) in [6.45, 7) is 0.596. The minimum absolute atomic E-state index is 0.0274. The van der Waals surface area contributed by atoms with Crippen molar-refractivity contribution in [2.75, 3.05) is 13.2 Å². The van der Waals surface area contributed by atoms with Gasteiger partial charge in [0.15, 0.2) is 0 Å². The Bertz CT molecular complexity index is 786. The Morgan fingerprint density at radius 3 is 2.20 bits per heavy atom. The van der Waals surface area contributed by atoms with Crippen LogP contribution in [0.3, 0.4) is 0 Å². The third-order valence-electron chi connectivity index (χ3n) is 5.10. The SMILES string of the molecule is [O]C(=O)[C@@H]1CCCN1C(=O)OCC1c2ccccc2-c2ccccc21. The highest BCUT2D eigenvalue weighted by Gasteiger charge is 2.37. The van der Waals surface area contributed by atoms with Crippen LogP contribution in [-0.2, 0) is 14.6 Å². The number of likely N-dealkylation sites (tertiary alicyclic amines) is 1. The first kappa shape index (κ1) is 15.7. The molecule has 1 amide bonds. The van der Waals surface area contributed by atoms with E-state index < -0.39 is 18.1 Å². The fourth-order valence-electron chi connectivity index (χ4n) is 3.91. The second kappa shape index (κ2) is 6.24. The van der Waals surface area contributed by atoms with E-state index in [2.05, 4.69) is 12.1 Å². The monoisotopic (exact) mass is 336 g/mol. The number of ether oxygens (including phenoxy) is 1. The van der Waals surface area contributed by atoms with E-state index in [9.17, 15) is 14.7 Å². The Morgan fingerprint density at radius 2 is 1.60 bits per heavy atom. The average Bonchev–Trinajstić information content (AvgIpc) is 3.23. The van der Waals surface area contributed by atoms with E-state index in [4.69, 9.17) is 4.74 Å². The molecular weight excluding hydrogens is 318 g/mol. The molecule has 1 radical (unpaired) electrons. The van der Waals surface area contributed by atoms with Crippen LogP contribution >= 0.6 is 0 Å². The fourth-order valence-corrected chi connectivity index (χ4v) is 3.91. The van der Waals surface area contributed by atoms with Crippen molar-refractivity contribution in [1.82, 2.24) is 4.90 Å². The normalized spacial score (nSPS) is 18.7. The zero-order chi connectivity index (χ0) is 17.4. The summed E-state index contributed by atoms with van der Waals surface area (Å²) in [6, 6.07) is 15.3. The summed E-state index contributed by atoms with van der Waals surface area (Å²) < 4.78 is 5.50. The number of amides is 1. The summed E-state index contributed by atoms with van der Waals surface area (Å²) >= 11 is 0. The molecule has 2 aromatic rings. The van der Waals surface area contributed by atoms with Crippen LogP contribution in [0.2, 0.25) is 0 Å². The highest BCUT2D eigenvalue weighted by atomic mass is 16.6. The van der Waals surface area contributed by atoms with Crippen LogP contribution in [0.1, 0.15) is 29.9 Å². The molecule has 1 atom stereocenters. The number of benzene rings is 2. The Hall–Kier alpha value is -2.82. The summed E-state index contributed by atoms with van der Waals surface area (Å²) in [5.74, 6) is -1.24. The summed E-state index contributed by atoms with van der Waals surface area (Å²) in [4.78, 5) is 24.8. The number of fused-ring (bicyclic) bond motifs is 3. The van der Waals surface area contributed by atoms with E-state index in [0.29, 0.717) is 19.4 Å².